The van der Waals surface area contributed by atoms with Crippen LogP contribution >= 0.6 is 34.8 Å². The molecule has 1 amide bonds. The largest absolute Gasteiger partial charge is 0.495 e. The molecule has 9 nitrogen and oxygen atoms in total. The fraction of sp³-hybridized carbons (Fsp3) is 0.136. The average molecular weight is 559 g/mol. The van der Waals surface area contributed by atoms with Crippen LogP contribution in [0.1, 0.15) is 5.56 Å². The Hall–Kier alpha value is -3.05. The highest BCUT2D eigenvalue weighted by atomic mass is 35.5. The zero-order valence-electron chi connectivity index (χ0n) is 18.3. The molecule has 0 aliphatic heterocycles. The maximum atomic E-state index is 13.7. The zero-order chi connectivity index (χ0) is 25.9. The summed E-state index contributed by atoms with van der Waals surface area (Å²) in [5.74, 6) is -0.631. The minimum Gasteiger partial charge on any atom is -0.495 e. The first-order valence-corrected chi connectivity index (χ1v) is 12.4. The number of aryl methyl sites for hydroxylation is 1. The molecule has 0 saturated heterocycles. The molecule has 0 heterocycles. The van der Waals surface area contributed by atoms with E-state index in [-0.39, 0.29) is 43.4 Å². The number of ether oxygens (including phenoxy) is 1. The van der Waals surface area contributed by atoms with Crippen LogP contribution in [0.25, 0.3) is 0 Å². The van der Waals surface area contributed by atoms with Gasteiger partial charge >= 0.3 is 0 Å². The number of anilines is 2. The summed E-state index contributed by atoms with van der Waals surface area (Å²) in [7, 11) is -3.18. The van der Waals surface area contributed by atoms with E-state index in [4.69, 9.17) is 39.5 Å². The summed E-state index contributed by atoms with van der Waals surface area (Å²) in [6.45, 7) is 0.765. The molecule has 3 rings (SSSR count). The number of carbonyl (C=O) groups excluding carboxylic acids is 1. The van der Waals surface area contributed by atoms with E-state index in [1.54, 1.807) is 0 Å². The van der Waals surface area contributed by atoms with Crippen molar-refractivity contribution in [1.29, 1.82) is 0 Å². The second-order valence-corrected chi connectivity index (χ2v) is 10.4. The molecule has 0 unspecified atom stereocenters. The van der Waals surface area contributed by atoms with Gasteiger partial charge in [-0.2, -0.15) is 0 Å². The fourth-order valence-corrected chi connectivity index (χ4v) is 5.32. The Labute approximate surface area is 216 Å². The molecule has 3 aromatic rings. The molecule has 0 aliphatic rings. The van der Waals surface area contributed by atoms with Crippen LogP contribution in [0.4, 0.5) is 17.1 Å². The molecule has 0 saturated carbocycles. The van der Waals surface area contributed by atoms with Gasteiger partial charge in [-0.3, -0.25) is 19.2 Å². The molecule has 3 aromatic carbocycles. The van der Waals surface area contributed by atoms with Crippen LogP contribution in [0.2, 0.25) is 15.1 Å². The van der Waals surface area contributed by atoms with Gasteiger partial charge in [0.05, 0.1) is 22.6 Å². The summed E-state index contributed by atoms with van der Waals surface area (Å²) in [6, 6.07) is 12.0. The quantitative estimate of drug-likeness (QED) is 0.280. The number of sulfonamides is 1. The minimum absolute atomic E-state index is 0.0393. The van der Waals surface area contributed by atoms with E-state index < -0.39 is 32.3 Å². The van der Waals surface area contributed by atoms with E-state index in [0.717, 1.165) is 10.4 Å². The standard InChI is InChI=1S/C22H18Cl3N3O6S/c1-13-3-5-18(11-19(13)28(30)31)35(32,33)27(20-10-14(23)4-6-21(20)34-2)12-22(29)26-17-8-15(24)7-16(25)9-17/h3-11H,12H2,1-2H3,(H,26,29). The van der Waals surface area contributed by atoms with Crippen LogP contribution in [0.5, 0.6) is 5.75 Å². The van der Waals surface area contributed by atoms with E-state index in [1.807, 2.05) is 0 Å². The van der Waals surface area contributed by atoms with Crippen LogP contribution < -0.4 is 14.4 Å². The summed E-state index contributed by atoms with van der Waals surface area (Å²) >= 11 is 18.0. The number of benzene rings is 3. The van der Waals surface area contributed by atoms with Crippen molar-refractivity contribution in [1.82, 2.24) is 0 Å². The van der Waals surface area contributed by atoms with Gasteiger partial charge in [-0.25, -0.2) is 8.42 Å². The van der Waals surface area contributed by atoms with E-state index in [2.05, 4.69) is 5.32 Å². The van der Waals surface area contributed by atoms with Gasteiger partial charge in [0.1, 0.15) is 12.3 Å². The highest BCUT2D eigenvalue weighted by Gasteiger charge is 2.31. The van der Waals surface area contributed by atoms with Gasteiger partial charge in [0.25, 0.3) is 15.7 Å². The predicted molar refractivity (Wildman–Crippen MR) is 135 cm³/mol. The molecule has 1 N–H and O–H groups in total. The smallest absolute Gasteiger partial charge is 0.273 e. The SMILES string of the molecule is COc1ccc(Cl)cc1N(CC(=O)Nc1cc(Cl)cc(Cl)c1)S(=O)(=O)c1ccc(C)c([N+](=O)[O-])c1. The third-order valence-corrected chi connectivity index (χ3v) is 7.24. The molecule has 35 heavy (non-hydrogen) atoms. The molecule has 0 spiro atoms. The molecule has 13 heteroatoms. The summed E-state index contributed by atoms with van der Waals surface area (Å²) in [6.07, 6.45) is 0. The van der Waals surface area contributed by atoms with Gasteiger partial charge < -0.3 is 10.1 Å². The lowest BCUT2D eigenvalue weighted by molar-refractivity contribution is -0.385. The number of halogens is 3. The highest BCUT2D eigenvalue weighted by Crippen LogP contribution is 2.36. The number of carbonyl (C=O) groups is 1. The van der Waals surface area contributed by atoms with Gasteiger partial charge in [0, 0.05) is 32.4 Å². The van der Waals surface area contributed by atoms with E-state index in [1.165, 1.54) is 62.6 Å². The Bertz CT molecular complexity index is 1400. The van der Waals surface area contributed by atoms with Gasteiger partial charge in [-0.05, 0) is 49.4 Å². The maximum Gasteiger partial charge on any atom is 0.273 e. The number of amides is 1. The summed E-state index contributed by atoms with van der Waals surface area (Å²) in [5.41, 5.74) is 0.0925. The Kier molecular flexibility index (Phi) is 8.11. The van der Waals surface area contributed by atoms with Crippen molar-refractivity contribution >= 4 is 67.8 Å². The first-order valence-electron chi connectivity index (χ1n) is 9.79. The van der Waals surface area contributed by atoms with Gasteiger partial charge in [-0.15, -0.1) is 0 Å². The van der Waals surface area contributed by atoms with Gasteiger partial charge in [0.15, 0.2) is 0 Å². The van der Waals surface area contributed by atoms with Gasteiger partial charge in [0.2, 0.25) is 5.91 Å². The highest BCUT2D eigenvalue weighted by molar-refractivity contribution is 7.92. The second-order valence-electron chi connectivity index (χ2n) is 7.24. The minimum atomic E-state index is -4.50. The molecule has 0 bridgehead atoms. The first kappa shape index (κ1) is 26.6. The summed E-state index contributed by atoms with van der Waals surface area (Å²) in [5, 5.41) is 14.6. The van der Waals surface area contributed by atoms with Crippen molar-refractivity contribution in [2.75, 3.05) is 23.3 Å². The third-order valence-electron chi connectivity index (χ3n) is 4.81. The molecule has 0 radical (unpaired) electrons. The average Bonchev–Trinajstić information content (AvgIpc) is 2.76. The second kappa shape index (κ2) is 10.7. The number of hydrogen-bond donors (Lipinski definition) is 1. The fourth-order valence-electron chi connectivity index (χ4n) is 3.19. The van der Waals surface area contributed by atoms with Crippen molar-refractivity contribution in [2.45, 2.75) is 11.8 Å². The monoisotopic (exact) mass is 557 g/mol. The van der Waals surface area contributed by atoms with E-state index >= 15 is 0 Å². The number of hydrogen-bond acceptors (Lipinski definition) is 6. The van der Waals surface area contributed by atoms with Crippen molar-refractivity contribution in [3.05, 3.63) is 85.3 Å². The number of nitro benzene ring substituents is 1. The van der Waals surface area contributed by atoms with E-state index in [9.17, 15) is 23.3 Å². The maximum absolute atomic E-state index is 13.7. The Morgan fingerprint density at radius 2 is 1.69 bits per heavy atom. The molecule has 0 aromatic heterocycles. The Morgan fingerprint density at radius 1 is 1.03 bits per heavy atom. The number of rotatable bonds is 8. The first-order chi connectivity index (χ1) is 16.4. The number of nitrogens with zero attached hydrogens (tertiary/aromatic N) is 2. The Balaban J connectivity index is 2.10. The van der Waals surface area contributed by atoms with Crippen molar-refractivity contribution in [3.8, 4) is 5.75 Å². The summed E-state index contributed by atoms with van der Waals surface area (Å²) in [4.78, 5) is 23.2. The van der Waals surface area contributed by atoms with Crippen molar-refractivity contribution < 1.29 is 22.9 Å². The number of nitrogens with one attached hydrogen (secondary N) is 1. The van der Waals surface area contributed by atoms with E-state index in [0.29, 0.717) is 0 Å². The topological polar surface area (TPSA) is 119 Å². The van der Waals surface area contributed by atoms with Crippen LogP contribution in [0.3, 0.4) is 0 Å². The summed E-state index contributed by atoms with van der Waals surface area (Å²) < 4.78 is 33.4. The molecule has 0 atom stereocenters. The third kappa shape index (κ3) is 6.15. The van der Waals surface area contributed by atoms with Crippen LogP contribution in [-0.2, 0) is 14.8 Å². The number of methoxy groups -OCH3 is 1. The lowest BCUT2D eigenvalue weighted by atomic mass is 10.2. The van der Waals surface area contributed by atoms with Crippen molar-refractivity contribution in [3.63, 3.8) is 0 Å². The van der Waals surface area contributed by atoms with Gasteiger partial charge in [-0.1, -0.05) is 40.9 Å². The molecule has 184 valence electrons. The predicted octanol–water partition coefficient (Wildman–Crippen LogP) is 5.71. The van der Waals surface area contributed by atoms with Crippen LogP contribution in [0, 0.1) is 17.0 Å². The van der Waals surface area contributed by atoms with Crippen LogP contribution in [-0.4, -0.2) is 32.9 Å². The normalized spacial score (nSPS) is 11.1. The molecular weight excluding hydrogens is 541 g/mol. The van der Waals surface area contributed by atoms with Crippen molar-refractivity contribution in [2.24, 2.45) is 0 Å². The zero-order valence-corrected chi connectivity index (χ0v) is 21.4. The lowest BCUT2D eigenvalue weighted by Crippen LogP contribution is -2.38. The lowest BCUT2D eigenvalue weighted by Gasteiger charge is -2.26. The molecule has 0 fully saturated rings. The molecule has 0 aliphatic carbocycles. The Morgan fingerprint density at radius 3 is 2.29 bits per heavy atom. The number of nitro groups is 1. The van der Waals surface area contributed by atoms with Crippen LogP contribution in [0.15, 0.2) is 59.5 Å². The molecular formula is C22H18Cl3N3O6S.